The Morgan fingerprint density at radius 3 is 2.52 bits per heavy atom. The highest BCUT2D eigenvalue weighted by atomic mass is 16.2. The Morgan fingerprint density at radius 1 is 1.15 bits per heavy atom. The van der Waals surface area contributed by atoms with Crippen LogP contribution in [0.25, 0.3) is 0 Å². The minimum Gasteiger partial charge on any atom is -0.328 e. The smallest absolute Gasteiger partial charge is 0.318 e. The molecule has 2 fully saturated rings. The van der Waals surface area contributed by atoms with Crippen molar-refractivity contribution in [1.82, 2.24) is 15.1 Å². The van der Waals surface area contributed by atoms with Crippen molar-refractivity contribution in [3.05, 3.63) is 71.3 Å². The highest BCUT2D eigenvalue weighted by Gasteiger charge is 2.46. The molecule has 1 atom stereocenters. The Kier molecular flexibility index (Phi) is 4.92. The Labute approximate surface area is 162 Å². The monoisotopic (exact) mass is 363 g/mol. The number of hydrogen-bond donors (Lipinski definition) is 1. The first-order chi connectivity index (χ1) is 13.1. The lowest BCUT2D eigenvalue weighted by Crippen LogP contribution is -2.48. The number of aryl methyl sites for hydroxylation is 1. The minimum absolute atomic E-state index is 0.0552. The molecule has 1 saturated heterocycles. The fourth-order valence-electron chi connectivity index (χ4n) is 4.06. The van der Waals surface area contributed by atoms with Crippen LogP contribution in [-0.4, -0.2) is 42.0 Å². The molecule has 1 heterocycles. The van der Waals surface area contributed by atoms with Gasteiger partial charge in [0, 0.05) is 32.7 Å². The number of likely N-dealkylation sites (tertiary alicyclic amines) is 1. The first kappa shape index (κ1) is 18.1. The van der Waals surface area contributed by atoms with E-state index in [1.165, 1.54) is 16.7 Å². The van der Waals surface area contributed by atoms with Crippen LogP contribution in [0.4, 0.5) is 4.79 Å². The second-order valence-corrected chi connectivity index (χ2v) is 8.15. The van der Waals surface area contributed by atoms with Gasteiger partial charge in [-0.25, -0.2) is 4.79 Å². The maximum absolute atomic E-state index is 12.9. The lowest BCUT2D eigenvalue weighted by atomic mass is 10.0. The van der Waals surface area contributed by atoms with E-state index < -0.39 is 0 Å². The lowest BCUT2D eigenvalue weighted by Gasteiger charge is -2.28. The first-order valence-corrected chi connectivity index (χ1v) is 9.94. The van der Waals surface area contributed by atoms with Crippen molar-refractivity contribution in [2.24, 2.45) is 0 Å². The summed E-state index contributed by atoms with van der Waals surface area (Å²) in [5, 5.41) is 3.31. The summed E-state index contributed by atoms with van der Waals surface area (Å²) in [7, 11) is 1.94. The molecule has 2 amide bonds. The molecule has 142 valence electrons. The Hall–Kier alpha value is -2.33. The summed E-state index contributed by atoms with van der Waals surface area (Å²) in [6.07, 6.45) is 3.09. The summed E-state index contributed by atoms with van der Waals surface area (Å²) in [6.45, 7) is 5.04. The molecule has 0 bridgehead atoms. The number of rotatable bonds is 5. The summed E-state index contributed by atoms with van der Waals surface area (Å²) in [4.78, 5) is 17.2. The molecule has 1 aliphatic heterocycles. The molecule has 2 aromatic carbocycles. The Bertz CT molecular complexity index is 783. The molecule has 4 rings (SSSR count). The van der Waals surface area contributed by atoms with Crippen LogP contribution in [0.15, 0.2) is 54.6 Å². The summed E-state index contributed by atoms with van der Waals surface area (Å²) < 4.78 is 0. The molecule has 1 saturated carbocycles. The van der Waals surface area contributed by atoms with E-state index in [1.54, 1.807) is 0 Å². The normalized spacial score (nSPS) is 21.0. The average molecular weight is 364 g/mol. The number of carbonyl (C=O) groups is 1. The van der Waals surface area contributed by atoms with E-state index >= 15 is 0 Å². The van der Waals surface area contributed by atoms with Crippen LogP contribution in [-0.2, 0) is 12.1 Å². The summed E-state index contributed by atoms with van der Waals surface area (Å²) in [5.74, 6) is 0. The number of amides is 2. The predicted octanol–water partition coefficient (Wildman–Crippen LogP) is 3.90. The first-order valence-electron chi connectivity index (χ1n) is 9.94. The highest BCUT2D eigenvalue weighted by Crippen LogP contribution is 2.45. The van der Waals surface area contributed by atoms with Crippen LogP contribution < -0.4 is 5.32 Å². The lowest BCUT2D eigenvalue weighted by molar-refractivity contribution is 0.183. The molecule has 0 aromatic heterocycles. The fraction of sp³-hybridized carbons (Fsp3) is 0.435. The largest absolute Gasteiger partial charge is 0.328 e. The summed E-state index contributed by atoms with van der Waals surface area (Å²) in [6, 6.07) is 19.5. The molecule has 0 radical (unpaired) electrons. The van der Waals surface area contributed by atoms with Crippen LogP contribution in [0, 0.1) is 6.92 Å². The predicted molar refractivity (Wildman–Crippen MR) is 109 cm³/mol. The molecule has 1 aliphatic carbocycles. The van der Waals surface area contributed by atoms with Gasteiger partial charge in [0.1, 0.15) is 0 Å². The SMILES string of the molecule is Cc1ccc(C2(NC(=O)N(C)[C@@H]3CCN(Cc4ccccc4)C3)CC2)cc1. The van der Waals surface area contributed by atoms with Gasteiger partial charge in [-0.3, -0.25) is 4.90 Å². The van der Waals surface area contributed by atoms with Gasteiger partial charge in [0.2, 0.25) is 0 Å². The second-order valence-electron chi connectivity index (χ2n) is 8.15. The van der Waals surface area contributed by atoms with E-state index in [0.717, 1.165) is 38.9 Å². The molecule has 27 heavy (non-hydrogen) atoms. The Morgan fingerprint density at radius 2 is 1.85 bits per heavy atom. The summed E-state index contributed by atoms with van der Waals surface area (Å²) in [5.41, 5.74) is 3.66. The maximum atomic E-state index is 12.9. The van der Waals surface area contributed by atoms with Gasteiger partial charge in [-0.05, 0) is 37.3 Å². The van der Waals surface area contributed by atoms with E-state index in [0.29, 0.717) is 0 Å². The zero-order chi connectivity index (χ0) is 18.9. The quantitative estimate of drug-likeness (QED) is 0.874. The van der Waals surface area contributed by atoms with Gasteiger partial charge in [-0.15, -0.1) is 0 Å². The number of likely N-dealkylation sites (N-methyl/N-ethyl adjacent to an activating group) is 1. The Balaban J connectivity index is 1.34. The number of benzene rings is 2. The van der Waals surface area contributed by atoms with E-state index in [9.17, 15) is 4.79 Å². The third kappa shape index (κ3) is 4.01. The third-order valence-electron chi connectivity index (χ3n) is 6.06. The standard InChI is InChI=1S/C23H29N3O/c1-18-8-10-20(11-9-18)23(13-14-23)24-22(27)25(2)21-12-15-26(17-21)16-19-6-4-3-5-7-19/h3-11,21H,12-17H2,1-2H3,(H,24,27)/t21-/m1/s1. The minimum atomic E-state index is -0.151. The van der Waals surface area contributed by atoms with Crippen LogP contribution in [0.3, 0.4) is 0 Å². The molecule has 1 N–H and O–H groups in total. The number of nitrogens with one attached hydrogen (secondary N) is 1. The fourth-order valence-corrected chi connectivity index (χ4v) is 4.06. The highest BCUT2D eigenvalue weighted by molar-refractivity contribution is 5.76. The zero-order valence-electron chi connectivity index (χ0n) is 16.3. The third-order valence-corrected chi connectivity index (χ3v) is 6.06. The van der Waals surface area contributed by atoms with Crippen molar-refractivity contribution in [3.8, 4) is 0 Å². The average Bonchev–Trinajstić information content (AvgIpc) is 3.31. The number of urea groups is 1. The van der Waals surface area contributed by atoms with Crippen molar-refractivity contribution < 1.29 is 4.79 Å². The number of carbonyl (C=O) groups excluding carboxylic acids is 1. The van der Waals surface area contributed by atoms with Crippen molar-refractivity contribution in [3.63, 3.8) is 0 Å². The molecule has 0 unspecified atom stereocenters. The van der Waals surface area contributed by atoms with Crippen molar-refractivity contribution >= 4 is 6.03 Å². The maximum Gasteiger partial charge on any atom is 0.318 e. The van der Waals surface area contributed by atoms with Gasteiger partial charge in [0.05, 0.1) is 5.54 Å². The molecule has 4 nitrogen and oxygen atoms in total. The molecular weight excluding hydrogens is 334 g/mol. The van der Waals surface area contributed by atoms with Crippen molar-refractivity contribution in [2.45, 2.75) is 44.3 Å². The van der Waals surface area contributed by atoms with Gasteiger partial charge in [0.15, 0.2) is 0 Å². The van der Waals surface area contributed by atoms with Gasteiger partial charge < -0.3 is 10.2 Å². The summed E-state index contributed by atoms with van der Waals surface area (Å²) >= 11 is 0. The second kappa shape index (κ2) is 7.35. The van der Waals surface area contributed by atoms with E-state index in [2.05, 4.69) is 71.7 Å². The molecule has 0 spiro atoms. The molecule has 2 aromatic rings. The van der Waals surface area contributed by atoms with Crippen LogP contribution in [0.5, 0.6) is 0 Å². The number of hydrogen-bond acceptors (Lipinski definition) is 2. The van der Waals surface area contributed by atoms with Gasteiger partial charge >= 0.3 is 6.03 Å². The van der Waals surface area contributed by atoms with Crippen LogP contribution in [0.2, 0.25) is 0 Å². The molecule has 2 aliphatic rings. The molecular formula is C23H29N3O. The zero-order valence-corrected chi connectivity index (χ0v) is 16.3. The van der Waals surface area contributed by atoms with Gasteiger partial charge in [0.25, 0.3) is 0 Å². The topological polar surface area (TPSA) is 35.6 Å². The van der Waals surface area contributed by atoms with Crippen LogP contribution >= 0.6 is 0 Å². The van der Waals surface area contributed by atoms with Crippen molar-refractivity contribution in [2.75, 3.05) is 20.1 Å². The van der Waals surface area contributed by atoms with E-state index in [-0.39, 0.29) is 17.6 Å². The van der Waals surface area contributed by atoms with Crippen molar-refractivity contribution in [1.29, 1.82) is 0 Å². The van der Waals surface area contributed by atoms with Gasteiger partial charge in [-0.2, -0.15) is 0 Å². The van der Waals surface area contributed by atoms with Gasteiger partial charge in [-0.1, -0.05) is 60.2 Å². The van der Waals surface area contributed by atoms with E-state index in [4.69, 9.17) is 0 Å². The number of nitrogens with zero attached hydrogens (tertiary/aromatic N) is 2. The van der Waals surface area contributed by atoms with Crippen LogP contribution in [0.1, 0.15) is 36.0 Å². The molecule has 4 heteroatoms. The van der Waals surface area contributed by atoms with E-state index in [1.807, 2.05) is 11.9 Å².